The monoisotopic (exact) mass is 253 g/mol. The fourth-order valence-electron chi connectivity index (χ4n) is 1.27. The van der Waals surface area contributed by atoms with Crippen molar-refractivity contribution in [2.75, 3.05) is 4.90 Å². The van der Waals surface area contributed by atoms with Gasteiger partial charge in [0, 0.05) is 10.2 Å². The second-order valence-electron chi connectivity index (χ2n) is 2.84. The van der Waals surface area contributed by atoms with Crippen molar-refractivity contribution >= 4 is 34.2 Å². The van der Waals surface area contributed by atoms with Gasteiger partial charge >= 0.3 is 0 Å². The van der Waals surface area contributed by atoms with Gasteiger partial charge in [0.05, 0.1) is 0 Å². The first-order valence-electron chi connectivity index (χ1n) is 4.09. The third-order valence-corrected chi connectivity index (χ3v) is 2.42. The molecule has 4 nitrogen and oxygen atoms in total. The van der Waals surface area contributed by atoms with Gasteiger partial charge < -0.3 is 4.90 Å². The molecule has 1 aliphatic rings. The Kier molecular flexibility index (Phi) is 2.49. The molecule has 0 bridgehead atoms. The molecule has 0 amide bonds. The van der Waals surface area contributed by atoms with Crippen molar-refractivity contribution in [3.8, 4) is 0 Å². The van der Waals surface area contributed by atoms with Gasteiger partial charge in [-0.1, -0.05) is 22.0 Å². The average Bonchev–Trinajstić information content (AvgIpc) is 2.65. The normalized spacial score (nSPS) is 19.5. The van der Waals surface area contributed by atoms with E-state index in [0.29, 0.717) is 0 Å². The van der Waals surface area contributed by atoms with Gasteiger partial charge in [-0.2, -0.15) is 5.10 Å². The van der Waals surface area contributed by atoms with Gasteiger partial charge in [0.15, 0.2) is 12.5 Å². The van der Waals surface area contributed by atoms with Crippen LogP contribution in [0.25, 0.3) is 0 Å². The van der Waals surface area contributed by atoms with Crippen molar-refractivity contribution in [1.82, 2.24) is 5.43 Å². The highest BCUT2D eigenvalue weighted by Crippen LogP contribution is 2.20. The van der Waals surface area contributed by atoms with E-state index in [0.717, 1.165) is 16.4 Å². The van der Waals surface area contributed by atoms with E-state index in [1.54, 1.807) is 11.2 Å². The van der Waals surface area contributed by atoms with Crippen LogP contribution in [-0.4, -0.2) is 18.8 Å². The molecule has 0 aliphatic carbocycles. The second kappa shape index (κ2) is 3.79. The number of hydrogen-bond donors (Lipinski definition) is 1. The van der Waals surface area contributed by atoms with E-state index in [1.807, 2.05) is 24.3 Å². The first-order valence-corrected chi connectivity index (χ1v) is 4.88. The highest BCUT2D eigenvalue weighted by atomic mass is 79.9. The summed E-state index contributed by atoms with van der Waals surface area (Å²) in [6.07, 6.45) is 2.01. The maximum absolute atomic E-state index is 10.7. The lowest BCUT2D eigenvalue weighted by Crippen LogP contribution is -2.38. The van der Waals surface area contributed by atoms with E-state index in [9.17, 15) is 4.79 Å². The summed E-state index contributed by atoms with van der Waals surface area (Å²) >= 11 is 3.37. The summed E-state index contributed by atoms with van der Waals surface area (Å²) in [5, 5.41) is 3.83. The predicted molar refractivity (Wildman–Crippen MR) is 58.1 cm³/mol. The number of carbonyl (C=O) groups is 1. The van der Waals surface area contributed by atoms with Gasteiger partial charge in [-0.25, -0.2) is 0 Å². The predicted octanol–water partition coefficient (Wildman–Crippen LogP) is 1.33. The summed E-state index contributed by atoms with van der Waals surface area (Å²) < 4.78 is 0.972. The Labute approximate surface area is 89.7 Å². The summed E-state index contributed by atoms with van der Waals surface area (Å²) in [5.41, 5.74) is 3.61. The number of anilines is 1. The van der Waals surface area contributed by atoms with Crippen LogP contribution in [0.15, 0.2) is 33.8 Å². The second-order valence-corrected chi connectivity index (χ2v) is 3.76. The molecule has 1 aromatic carbocycles. The molecule has 0 fully saturated rings. The number of carbonyl (C=O) groups excluding carboxylic acids is 1. The van der Waals surface area contributed by atoms with Crippen LogP contribution in [0.1, 0.15) is 0 Å². The van der Waals surface area contributed by atoms with Crippen molar-refractivity contribution in [1.29, 1.82) is 0 Å². The van der Waals surface area contributed by atoms with Crippen molar-refractivity contribution in [2.24, 2.45) is 5.10 Å². The zero-order valence-electron chi connectivity index (χ0n) is 7.22. The number of hydrogen-bond acceptors (Lipinski definition) is 4. The quantitative estimate of drug-likeness (QED) is 0.810. The molecule has 1 atom stereocenters. The van der Waals surface area contributed by atoms with Gasteiger partial charge in [0.2, 0.25) is 0 Å². The fraction of sp³-hybridized carbons (Fsp3) is 0.111. The van der Waals surface area contributed by atoms with Gasteiger partial charge in [-0.05, 0) is 18.2 Å². The van der Waals surface area contributed by atoms with Crippen LogP contribution in [0.2, 0.25) is 0 Å². The van der Waals surface area contributed by atoms with Gasteiger partial charge in [-0.15, -0.1) is 0 Å². The highest BCUT2D eigenvalue weighted by Gasteiger charge is 2.20. The molecule has 5 heteroatoms. The summed E-state index contributed by atoms with van der Waals surface area (Å²) in [4.78, 5) is 12.4. The lowest BCUT2D eigenvalue weighted by atomic mass is 10.3. The molecule has 72 valence electrons. The standard InChI is InChI=1S/C9H8BrN3O/c10-7-2-1-3-8(4-7)13-6-11-12-9(13)5-14/h1-6,9,12H. The number of rotatable bonds is 2. The Bertz CT molecular complexity index is 380. The van der Waals surface area contributed by atoms with Crippen LogP contribution < -0.4 is 10.3 Å². The third-order valence-electron chi connectivity index (χ3n) is 1.92. The molecular formula is C9H8BrN3O. The fourth-order valence-corrected chi connectivity index (χ4v) is 1.65. The molecule has 0 aromatic heterocycles. The van der Waals surface area contributed by atoms with E-state index in [4.69, 9.17) is 0 Å². The molecule has 1 heterocycles. The largest absolute Gasteiger partial charge is 0.302 e. The number of nitrogens with zero attached hydrogens (tertiary/aromatic N) is 2. The number of nitrogens with one attached hydrogen (secondary N) is 1. The average molecular weight is 254 g/mol. The summed E-state index contributed by atoms with van der Waals surface area (Å²) in [6.45, 7) is 0. The Morgan fingerprint density at radius 1 is 1.57 bits per heavy atom. The molecule has 0 saturated heterocycles. The van der Waals surface area contributed by atoms with E-state index < -0.39 is 6.17 Å². The molecule has 0 radical (unpaired) electrons. The van der Waals surface area contributed by atoms with Crippen LogP contribution in [-0.2, 0) is 4.79 Å². The maximum Gasteiger partial charge on any atom is 0.176 e. The van der Waals surface area contributed by atoms with Crippen LogP contribution in [0, 0.1) is 0 Å². The molecule has 0 saturated carbocycles. The van der Waals surface area contributed by atoms with E-state index >= 15 is 0 Å². The van der Waals surface area contributed by atoms with E-state index in [1.165, 1.54) is 0 Å². The summed E-state index contributed by atoms with van der Waals surface area (Å²) in [5.74, 6) is 0. The minimum atomic E-state index is -0.399. The number of benzene rings is 1. The maximum atomic E-state index is 10.7. The van der Waals surface area contributed by atoms with Crippen molar-refractivity contribution in [3.63, 3.8) is 0 Å². The first kappa shape index (κ1) is 9.21. The minimum Gasteiger partial charge on any atom is -0.302 e. The molecular weight excluding hydrogens is 246 g/mol. The first-order chi connectivity index (χ1) is 6.81. The number of aldehydes is 1. The summed E-state index contributed by atoms with van der Waals surface area (Å²) in [7, 11) is 0. The zero-order valence-corrected chi connectivity index (χ0v) is 8.81. The SMILES string of the molecule is O=CC1NN=CN1c1cccc(Br)c1. The molecule has 1 aliphatic heterocycles. The van der Waals surface area contributed by atoms with Crippen LogP contribution in [0.5, 0.6) is 0 Å². The van der Waals surface area contributed by atoms with Crippen molar-refractivity contribution in [3.05, 3.63) is 28.7 Å². The Balaban J connectivity index is 2.30. The topological polar surface area (TPSA) is 44.7 Å². The number of halogens is 1. The molecule has 1 aromatic rings. The van der Waals surface area contributed by atoms with Gasteiger partial charge in [0.25, 0.3) is 0 Å². The van der Waals surface area contributed by atoms with Gasteiger partial charge in [-0.3, -0.25) is 10.2 Å². The molecule has 0 spiro atoms. The molecule has 2 rings (SSSR count). The minimum absolute atomic E-state index is 0.399. The molecule has 1 unspecified atom stereocenters. The number of hydrazone groups is 1. The lowest BCUT2D eigenvalue weighted by Gasteiger charge is -2.18. The van der Waals surface area contributed by atoms with Crippen LogP contribution in [0.4, 0.5) is 5.69 Å². The van der Waals surface area contributed by atoms with Crippen molar-refractivity contribution < 1.29 is 4.79 Å². The van der Waals surface area contributed by atoms with Gasteiger partial charge in [0.1, 0.15) is 6.34 Å². The smallest absolute Gasteiger partial charge is 0.176 e. The van der Waals surface area contributed by atoms with Crippen LogP contribution in [0.3, 0.4) is 0 Å². The Morgan fingerprint density at radius 3 is 3.14 bits per heavy atom. The Morgan fingerprint density at radius 2 is 2.43 bits per heavy atom. The van der Waals surface area contributed by atoms with E-state index in [2.05, 4.69) is 26.5 Å². The lowest BCUT2D eigenvalue weighted by molar-refractivity contribution is -0.109. The third kappa shape index (κ3) is 1.63. The Hall–Kier alpha value is -1.36. The summed E-state index contributed by atoms with van der Waals surface area (Å²) in [6, 6.07) is 7.68. The highest BCUT2D eigenvalue weighted by molar-refractivity contribution is 9.10. The zero-order chi connectivity index (χ0) is 9.97. The molecule has 1 N–H and O–H groups in total. The van der Waals surface area contributed by atoms with Crippen molar-refractivity contribution in [2.45, 2.75) is 6.17 Å². The molecule has 14 heavy (non-hydrogen) atoms. The van der Waals surface area contributed by atoms with E-state index in [-0.39, 0.29) is 0 Å². The van der Waals surface area contributed by atoms with Crippen LogP contribution >= 0.6 is 15.9 Å².